The molecule has 0 radical (unpaired) electrons. The van der Waals surface area contributed by atoms with E-state index in [1.54, 1.807) is 0 Å². The Bertz CT molecular complexity index is 681. The number of likely N-dealkylation sites (N-methyl/N-ethyl adjacent to an activating group) is 1. The van der Waals surface area contributed by atoms with Crippen LogP contribution in [0.5, 0.6) is 0 Å². The molecule has 1 fully saturated rings. The zero-order valence-corrected chi connectivity index (χ0v) is 16.5. The van der Waals surface area contributed by atoms with E-state index in [-0.39, 0.29) is 24.6 Å². The lowest BCUT2D eigenvalue weighted by Crippen LogP contribution is -2.54. The molecule has 1 aromatic rings. The van der Waals surface area contributed by atoms with E-state index >= 15 is 0 Å². The summed E-state index contributed by atoms with van der Waals surface area (Å²) in [6, 6.07) is 10.1. The molecular formula is C18H29N3O4S. The van der Waals surface area contributed by atoms with Crippen molar-refractivity contribution in [3.63, 3.8) is 0 Å². The molecule has 0 bridgehead atoms. The van der Waals surface area contributed by atoms with Crippen LogP contribution < -0.4 is 5.32 Å². The summed E-state index contributed by atoms with van der Waals surface area (Å²) in [5, 5.41) is 2.93. The van der Waals surface area contributed by atoms with Crippen LogP contribution >= 0.6 is 0 Å². The molecule has 2 atom stereocenters. The molecule has 0 aliphatic carbocycles. The predicted molar refractivity (Wildman–Crippen MR) is 101 cm³/mol. The Morgan fingerprint density at radius 1 is 1.38 bits per heavy atom. The molecule has 1 aromatic carbocycles. The molecule has 0 saturated carbocycles. The third-order valence-electron chi connectivity index (χ3n) is 4.59. The monoisotopic (exact) mass is 383 g/mol. The van der Waals surface area contributed by atoms with Crippen LogP contribution in [0, 0.1) is 0 Å². The Balaban J connectivity index is 1.90. The Kier molecular flexibility index (Phi) is 7.57. The van der Waals surface area contributed by atoms with Crippen LogP contribution in [0.4, 0.5) is 0 Å². The maximum absolute atomic E-state index is 12.2. The van der Waals surface area contributed by atoms with Crippen molar-refractivity contribution in [2.24, 2.45) is 0 Å². The summed E-state index contributed by atoms with van der Waals surface area (Å²) in [7, 11) is -1.98. The Labute approximate surface area is 156 Å². The third-order valence-corrected chi connectivity index (χ3v) is 5.86. The predicted octanol–water partition coefficient (Wildman–Crippen LogP) is 0.674. The molecule has 2 rings (SSSR count). The van der Waals surface area contributed by atoms with E-state index in [0.717, 1.165) is 36.6 Å². The van der Waals surface area contributed by atoms with Crippen LogP contribution in [-0.2, 0) is 26.1 Å². The quantitative estimate of drug-likeness (QED) is 0.714. The standard InChI is InChI=1S/C18H29N3O4S/c1-4-16(19-18(22)14-20(2)26(3,23)24)17-13-21(10-11-25-17)12-15-8-6-5-7-9-15/h5-9,16-17H,4,10-14H2,1-3H3,(H,19,22)/t16-,17-/m0/s1. The van der Waals surface area contributed by atoms with Gasteiger partial charge in [-0.15, -0.1) is 0 Å². The Morgan fingerprint density at radius 3 is 2.69 bits per heavy atom. The molecule has 1 amide bonds. The highest BCUT2D eigenvalue weighted by atomic mass is 32.2. The summed E-state index contributed by atoms with van der Waals surface area (Å²) in [5.74, 6) is -0.312. The van der Waals surface area contributed by atoms with Crippen LogP contribution in [0.3, 0.4) is 0 Å². The normalized spacial score (nSPS) is 20.1. The van der Waals surface area contributed by atoms with Gasteiger partial charge >= 0.3 is 0 Å². The second-order valence-corrected chi connectivity index (χ2v) is 8.82. The van der Waals surface area contributed by atoms with Gasteiger partial charge in [-0.25, -0.2) is 8.42 Å². The van der Waals surface area contributed by atoms with Crippen molar-refractivity contribution < 1.29 is 17.9 Å². The van der Waals surface area contributed by atoms with Gasteiger partial charge in [-0.05, 0) is 12.0 Å². The van der Waals surface area contributed by atoms with E-state index in [4.69, 9.17) is 4.74 Å². The van der Waals surface area contributed by atoms with Crippen LogP contribution in [-0.4, -0.2) is 75.2 Å². The van der Waals surface area contributed by atoms with Gasteiger partial charge in [0.1, 0.15) is 0 Å². The van der Waals surface area contributed by atoms with Crippen molar-refractivity contribution in [2.75, 3.05) is 39.5 Å². The van der Waals surface area contributed by atoms with E-state index in [1.807, 2.05) is 25.1 Å². The highest BCUT2D eigenvalue weighted by Crippen LogP contribution is 2.14. The maximum atomic E-state index is 12.2. The van der Waals surface area contributed by atoms with Crippen molar-refractivity contribution in [3.05, 3.63) is 35.9 Å². The first-order valence-corrected chi connectivity index (χ1v) is 10.7. The van der Waals surface area contributed by atoms with Crippen LogP contribution in [0.15, 0.2) is 30.3 Å². The summed E-state index contributed by atoms with van der Waals surface area (Å²) in [4.78, 5) is 14.5. The number of carbonyl (C=O) groups excluding carboxylic acids is 1. The first-order chi connectivity index (χ1) is 12.3. The molecule has 0 spiro atoms. The first-order valence-electron chi connectivity index (χ1n) is 8.88. The van der Waals surface area contributed by atoms with Gasteiger partial charge in [0.2, 0.25) is 15.9 Å². The number of amides is 1. The lowest BCUT2D eigenvalue weighted by Gasteiger charge is -2.37. The molecule has 1 aliphatic rings. The largest absolute Gasteiger partial charge is 0.373 e. The molecule has 8 heteroatoms. The van der Waals surface area contributed by atoms with Gasteiger partial charge < -0.3 is 10.1 Å². The number of nitrogens with zero attached hydrogens (tertiary/aromatic N) is 2. The molecular weight excluding hydrogens is 354 g/mol. The van der Waals surface area contributed by atoms with Gasteiger partial charge in [0, 0.05) is 26.7 Å². The number of benzene rings is 1. The van der Waals surface area contributed by atoms with Gasteiger partial charge in [0.05, 0.1) is 31.6 Å². The zero-order chi connectivity index (χ0) is 19.2. The molecule has 26 heavy (non-hydrogen) atoms. The summed E-state index contributed by atoms with van der Waals surface area (Å²) in [6.07, 6.45) is 1.70. The van der Waals surface area contributed by atoms with Crippen LogP contribution in [0.2, 0.25) is 0 Å². The molecule has 146 valence electrons. The SMILES string of the molecule is CC[C@H](NC(=O)CN(C)S(C)(=O)=O)[C@@H]1CN(Cc2ccccc2)CCO1. The summed E-state index contributed by atoms with van der Waals surface area (Å²) in [5.41, 5.74) is 1.25. The van der Waals surface area contributed by atoms with Gasteiger partial charge in [-0.1, -0.05) is 37.3 Å². The lowest BCUT2D eigenvalue weighted by molar-refractivity contribution is -0.124. The van der Waals surface area contributed by atoms with Crippen molar-refractivity contribution in [1.82, 2.24) is 14.5 Å². The summed E-state index contributed by atoms with van der Waals surface area (Å²) < 4.78 is 29.8. The topological polar surface area (TPSA) is 79.0 Å². The summed E-state index contributed by atoms with van der Waals surface area (Å²) in [6.45, 7) is 4.86. The van der Waals surface area contributed by atoms with Crippen molar-refractivity contribution in [3.8, 4) is 0 Å². The minimum atomic E-state index is -3.38. The molecule has 1 heterocycles. The molecule has 7 nitrogen and oxygen atoms in total. The second kappa shape index (κ2) is 9.45. The van der Waals surface area contributed by atoms with E-state index in [9.17, 15) is 13.2 Å². The average Bonchev–Trinajstić information content (AvgIpc) is 2.60. The van der Waals surface area contributed by atoms with Gasteiger partial charge in [-0.2, -0.15) is 4.31 Å². The number of nitrogens with one attached hydrogen (secondary N) is 1. The molecule has 1 N–H and O–H groups in total. The number of morpholine rings is 1. The average molecular weight is 384 g/mol. The van der Waals surface area contributed by atoms with Crippen LogP contribution in [0.25, 0.3) is 0 Å². The van der Waals surface area contributed by atoms with E-state index in [2.05, 4.69) is 22.3 Å². The molecule has 0 unspecified atom stereocenters. The lowest BCUT2D eigenvalue weighted by atomic mass is 10.1. The maximum Gasteiger partial charge on any atom is 0.235 e. The minimum Gasteiger partial charge on any atom is -0.373 e. The zero-order valence-electron chi connectivity index (χ0n) is 15.7. The fourth-order valence-electron chi connectivity index (χ4n) is 2.99. The van der Waals surface area contributed by atoms with E-state index in [1.165, 1.54) is 12.6 Å². The number of sulfonamides is 1. The Morgan fingerprint density at radius 2 is 2.08 bits per heavy atom. The van der Waals surface area contributed by atoms with Crippen molar-refractivity contribution in [1.29, 1.82) is 0 Å². The highest BCUT2D eigenvalue weighted by Gasteiger charge is 2.29. The number of hydrogen-bond acceptors (Lipinski definition) is 5. The second-order valence-electron chi connectivity index (χ2n) is 6.73. The first kappa shape index (κ1) is 20.8. The Hall–Kier alpha value is -1.48. The molecule has 0 aromatic heterocycles. The smallest absolute Gasteiger partial charge is 0.235 e. The molecule has 1 saturated heterocycles. The number of ether oxygens (including phenoxy) is 1. The highest BCUT2D eigenvalue weighted by molar-refractivity contribution is 7.88. The van der Waals surface area contributed by atoms with E-state index in [0.29, 0.717) is 6.61 Å². The fourth-order valence-corrected chi connectivity index (χ4v) is 3.34. The minimum absolute atomic E-state index is 0.107. The number of carbonyl (C=O) groups is 1. The third kappa shape index (κ3) is 6.35. The number of rotatable bonds is 8. The van der Waals surface area contributed by atoms with E-state index < -0.39 is 10.0 Å². The molecule has 1 aliphatic heterocycles. The number of hydrogen-bond donors (Lipinski definition) is 1. The summed E-state index contributed by atoms with van der Waals surface area (Å²) >= 11 is 0. The van der Waals surface area contributed by atoms with Gasteiger partial charge in [0.25, 0.3) is 0 Å². The van der Waals surface area contributed by atoms with Gasteiger partial charge in [-0.3, -0.25) is 9.69 Å². The van der Waals surface area contributed by atoms with Crippen molar-refractivity contribution >= 4 is 15.9 Å². The van der Waals surface area contributed by atoms with Gasteiger partial charge in [0.15, 0.2) is 0 Å². The van der Waals surface area contributed by atoms with Crippen LogP contribution in [0.1, 0.15) is 18.9 Å². The fraction of sp³-hybridized carbons (Fsp3) is 0.611. The van der Waals surface area contributed by atoms with Crippen molar-refractivity contribution in [2.45, 2.75) is 32.0 Å².